The van der Waals surface area contributed by atoms with E-state index in [9.17, 15) is 4.79 Å². The van der Waals surface area contributed by atoms with E-state index in [2.05, 4.69) is 27.0 Å². The summed E-state index contributed by atoms with van der Waals surface area (Å²) in [5.41, 5.74) is 1.45. The number of urea groups is 1. The van der Waals surface area contributed by atoms with E-state index in [0.717, 1.165) is 39.3 Å². The van der Waals surface area contributed by atoms with E-state index in [0.29, 0.717) is 18.6 Å². The molecule has 1 aromatic carbocycles. The van der Waals surface area contributed by atoms with Crippen LogP contribution in [0.2, 0.25) is 0 Å². The third-order valence-corrected chi connectivity index (χ3v) is 8.14. The minimum Gasteiger partial charge on any atom is -0.383 e. The van der Waals surface area contributed by atoms with Crippen LogP contribution >= 0.6 is 11.3 Å². The molecule has 4 saturated carbocycles. The van der Waals surface area contributed by atoms with E-state index < -0.39 is 0 Å². The molecule has 2 aromatic rings. The Kier molecular flexibility index (Phi) is 4.79. The highest BCUT2D eigenvalue weighted by Crippen LogP contribution is 2.59. The van der Waals surface area contributed by atoms with Crippen LogP contribution < -0.4 is 10.1 Å². The minimum absolute atomic E-state index is 0.200. The zero-order chi connectivity index (χ0) is 19.1. The minimum atomic E-state index is -0.200. The Labute approximate surface area is 169 Å². The van der Waals surface area contributed by atoms with Gasteiger partial charge in [0.2, 0.25) is 0 Å². The highest BCUT2D eigenvalue weighted by molar-refractivity contribution is 7.16. The molecule has 0 radical (unpaired) electrons. The molecule has 6 rings (SSSR count). The first kappa shape index (κ1) is 18.4. The van der Waals surface area contributed by atoms with Crippen molar-refractivity contribution in [1.29, 1.82) is 0 Å². The standard InChI is InChI=1S/C22H29N3O2S/c1-27-7-6-25-18-4-2-3-5-19(18)28-21(25)24-20(26)23-14-22-11-15-8-16(12-22)10-17(9-15)13-22/h2-5,15-17H,6-14H2,1H3,(H,23,26)/b24-21-. The summed E-state index contributed by atoms with van der Waals surface area (Å²) in [7, 11) is 1.70. The van der Waals surface area contributed by atoms with Gasteiger partial charge in [-0.15, -0.1) is 0 Å². The van der Waals surface area contributed by atoms with Crippen molar-refractivity contribution < 1.29 is 9.53 Å². The Morgan fingerprint density at radius 1 is 1.21 bits per heavy atom. The van der Waals surface area contributed by atoms with Gasteiger partial charge in [-0.05, 0) is 73.8 Å². The van der Waals surface area contributed by atoms with E-state index in [1.165, 1.54) is 38.5 Å². The number of amides is 2. The number of ether oxygens (including phenoxy) is 1. The number of thiazole rings is 1. The second-order valence-electron chi connectivity index (χ2n) is 9.18. The SMILES string of the molecule is COCCn1/c(=N/C(=O)NCC23CC4CC(CC(C4)C2)C3)sc2ccccc21. The van der Waals surface area contributed by atoms with E-state index >= 15 is 0 Å². The predicted molar refractivity (Wildman–Crippen MR) is 111 cm³/mol. The molecule has 0 spiro atoms. The lowest BCUT2D eigenvalue weighted by atomic mass is 9.49. The lowest BCUT2D eigenvalue weighted by Crippen LogP contribution is -2.51. The van der Waals surface area contributed by atoms with Crippen LogP contribution in [-0.4, -0.2) is 30.9 Å². The molecule has 1 aromatic heterocycles. The Morgan fingerprint density at radius 2 is 1.89 bits per heavy atom. The van der Waals surface area contributed by atoms with E-state index in [-0.39, 0.29) is 6.03 Å². The normalized spacial score (nSPS) is 31.6. The summed E-state index contributed by atoms with van der Waals surface area (Å²) in [5.74, 6) is 2.71. The van der Waals surface area contributed by atoms with Gasteiger partial charge in [-0.25, -0.2) is 4.79 Å². The van der Waals surface area contributed by atoms with Gasteiger partial charge in [-0.1, -0.05) is 23.5 Å². The van der Waals surface area contributed by atoms with Gasteiger partial charge in [0, 0.05) is 20.2 Å². The van der Waals surface area contributed by atoms with Crippen molar-refractivity contribution in [3.63, 3.8) is 0 Å². The molecule has 28 heavy (non-hydrogen) atoms. The molecule has 150 valence electrons. The maximum atomic E-state index is 12.7. The highest BCUT2D eigenvalue weighted by Gasteiger charge is 2.50. The molecule has 1 N–H and O–H groups in total. The molecule has 2 amide bonds. The van der Waals surface area contributed by atoms with E-state index in [4.69, 9.17) is 4.74 Å². The Hall–Kier alpha value is -1.66. The molecule has 5 nitrogen and oxygen atoms in total. The molecule has 0 saturated heterocycles. The summed E-state index contributed by atoms with van der Waals surface area (Å²) in [6, 6.07) is 8.00. The summed E-state index contributed by atoms with van der Waals surface area (Å²) < 4.78 is 8.49. The second-order valence-corrected chi connectivity index (χ2v) is 10.2. The zero-order valence-electron chi connectivity index (χ0n) is 16.5. The molecule has 0 atom stereocenters. The number of para-hydroxylation sites is 1. The zero-order valence-corrected chi connectivity index (χ0v) is 17.3. The van der Waals surface area contributed by atoms with Gasteiger partial charge in [0.05, 0.1) is 16.8 Å². The third-order valence-electron chi connectivity index (χ3n) is 7.08. The lowest BCUT2D eigenvalue weighted by molar-refractivity contribution is -0.0497. The number of aromatic nitrogens is 1. The molecule has 4 aliphatic rings. The van der Waals surface area contributed by atoms with Crippen molar-refractivity contribution in [2.24, 2.45) is 28.2 Å². The van der Waals surface area contributed by atoms with Gasteiger partial charge in [-0.2, -0.15) is 4.99 Å². The van der Waals surface area contributed by atoms with E-state index in [1.807, 2.05) is 12.1 Å². The molecule has 6 heteroatoms. The number of fused-ring (bicyclic) bond motifs is 1. The number of nitrogens with zero attached hydrogens (tertiary/aromatic N) is 2. The summed E-state index contributed by atoms with van der Waals surface area (Å²) in [6.45, 7) is 2.09. The second kappa shape index (κ2) is 7.30. The quantitative estimate of drug-likeness (QED) is 0.820. The first-order valence-corrected chi connectivity index (χ1v) is 11.4. The number of hydrogen-bond donors (Lipinski definition) is 1. The predicted octanol–water partition coefficient (Wildman–Crippen LogP) is 4.18. The Balaban J connectivity index is 1.34. The van der Waals surface area contributed by atoms with Crippen molar-refractivity contribution in [1.82, 2.24) is 9.88 Å². The van der Waals surface area contributed by atoms with Crippen LogP contribution in [0.25, 0.3) is 10.2 Å². The molecule has 0 unspecified atom stereocenters. The molecule has 4 bridgehead atoms. The lowest BCUT2D eigenvalue weighted by Gasteiger charge is -2.56. The number of methoxy groups -OCH3 is 1. The van der Waals surface area contributed by atoms with Crippen LogP contribution in [0.1, 0.15) is 38.5 Å². The summed E-state index contributed by atoms with van der Waals surface area (Å²) in [4.78, 5) is 17.9. The average Bonchev–Trinajstić information content (AvgIpc) is 3.01. The molecule has 0 aliphatic heterocycles. The smallest absolute Gasteiger partial charge is 0.343 e. The number of carbonyl (C=O) groups is 1. The third kappa shape index (κ3) is 3.41. The first-order valence-electron chi connectivity index (χ1n) is 10.5. The van der Waals surface area contributed by atoms with Crippen molar-refractivity contribution >= 4 is 27.6 Å². The van der Waals surface area contributed by atoms with Gasteiger partial charge < -0.3 is 14.6 Å². The van der Waals surface area contributed by atoms with Crippen molar-refractivity contribution in [3.8, 4) is 0 Å². The average molecular weight is 400 g/mol. The summed E-state index contributed by atoms with van der Waals surface area (Å²) in [6.07, 6.45) is 8.19. The van der Waals surface area contributed by atoms with Crippen LogP contribution in [0.4, 0.5) is 4.79 Å². The maximum absolute atomic E-state index is 12.7. The molecule has 4 fully saturated rings. The summed E-state index contributed by atoms with van der Waals surface area (Å²) in [5, 5.41) is 3.17. The fourth-order valence-electron chi connectivity index (χ4n) is 6.40. The van der Waals surface area contributed by atoms with E-state index in [1.54, 1.807) is 18.4 Å². The molecule has 4 aliphatic carbocycles. The number of rotatable bonds is 5. The van der Waals surface area contributed by atoms with Crippen molar-refractivity contribution in [3.05, 3.63) is 29.1 Å². The van der Waals surface area contributed by atoms with Gasteiger partial charge in [0.25, 0.3) is 0 Å². The van der Waals surface area contributed by atoms with Gasteiger partial charge in [0.15, 0.2) is 4.80 Å². The number of benzene rings is 1. The fraction of sp³-hybridized carbons (Fsp3) is 0.636. The largest absolute Gasteiger partial charge is 0.383 e. The maximum Gasteiger partial charge on any atom is 0.343 e. The van der Waals surface area contributed by atoms with Crippen molar-refractivity contribution in [2.75, 3.05) is 20.3 Å². The molecule has 1 heterocycles. The topological polar surface area (TPSA) is 55.6 Å². The van der Waals surface area contributed by atoms with Crippen LogP contribution in [0.15, 0.2) is 29.3 Å². The first-order chi connectivity index (χ1) is 13.6. The monoisotopic (exact) mass is 399 g/mol. The van der Waals surface area contributed by atoms with Crippen LogP contribution in [0.3, 0.4) is 0 Å². The van der Waals surface area contributed by atoms with Crippen LogP contribution in [0, 0.1) is 23.2 Å². The van der Waals surface area contributed by atoms with Gasteiger partial charge >= 0.3 is 6.03 Å². The van der Waals surface area contributed by atoms with Gasteiger partial charge in [-0.3, -0.25) is 0 Å². The Morgan fingerprint density at radius 3 is 2.57 bits per heavy atom. The van der Waals surface area contributed by atoms with Crippen LogP contribution in [-0.2, 0) is 11.3 Å². The van der Waals surface area contributed by atoms with Crippen molar-refractivity contribution in [2.45, 2.75) is 45.1 Å². The highest BCUT2D eigenvalue weighted by atomic mass is 32.1. The number of nitrogens with one attached hydrogen (secondary N) is 1. The van der Waals surface area contributed by atoms with Gasteiger partial charge in [0.1, 0.15) is 0 Å². The molecular formula is C22H29N3O2S. The number of carbonyl (C=O) groups excluding carboxylic acids is 1. The summed E-state index contributed by atoms with van der Waals surface area (Å²) >= 11 is 1.57. The number of hydrogen-bond acceptors (Lipinski definition) is 3. The van der Waals surface area contributed by atoms with Crippen LogP contribution in [0.5, 0.6) is 0 Å². The molecular weight excluding hydrogens is 370 g/mol. The fourth-order valence-corrected chi connectivity index (χ4v) is 7.46. The Bertz CT molecular complexity index is 909.